The van der Waals surface area contributed by atoms with E-state index in [1.807, 2.05) is 6.20 Å². The minimum Gasteiger partial charge on any atom is -0.379 e. The third-order valence-electron chi connectivity index (χ3n) is 5.92. The Kier molecular flexibility index (Phi) is 5.74. The van der Waals surface area contributed by atoms with Gasteiger partial charge in [-0.25, -0.2) is 4.98 Å². The number of benzene rings is 1. The van der Waals surface area contributed by atoms with Gasteiger partial charge in [0.2, 0.25) is 0 Å². The molecule has 0 unspecified atom stereocenters. The van der Waals surface area contributed by atoms with Crippen LogP contribution in [-0.2, 0) is 18.0 Å². The number of hydrogen-bond donors (Lipinski definition) is 1. The van der Waals surface area contributed by atoms with Crippen LogP contribution in [0.4, 0.5) is 13.2 Å². The van der Waals surface area contributed by atoms with Crippen LogP contribution in [0.2, 0.25) is 0 Å². The molecule has 1 aliphatic rings. The van der Waals surface area contributed by atoms with E-state index >= 15 is 0 Å². The molecule has 0 saturated carbocycles. The highest BCUT2D eigenvalue weighted by molar-refractivity contribution is 6.10. The van der Waals surface area contributed by atoms with E-state index in [2.05, 4.69) is 20.3 Å². The minimum atomic E-state index is -4.51. The van der Waals surface area contributed by atoms with Crippen molar-refractivity contribution in [2.45, 2.75) is 6.18 Å². The Labute approximate surface area is 192 Å². The first kappa shape index (κ1) is 22.4. The number of carbonyl (C=O) groups excluding carboxylic acids is 1. The van der Waals surface area contributed by atoms with Crippen molar-refractivity contribution in [2.24, 2.45) is 7.05 Å². The van der Waals surface area contributed by atoms with Gasteiger partial charge in [0.25, 0.3) is 5.91 Å². The van der Waals surface area contributed by atoms with Crippen molar-refractivity contribution in [3.05, 3.63) is 54.0 Å². The Hall–Kier alpha value is -3.44. The molecule has 0 bridgehead atoms. The number of morpholine rings is 1. The Morgan fingerprint density at radius 2 is 1.94 bits per heavy atom. The van der Waals surface area contributed by atoms with Crippen LogP contribution in [0.25, 0.3) is 27.6 Å². The molecule has 1 saturated heterocycles. The smallest absolute Gasteiger partial charge is 0.379 e. The number of amides is 1. The van der Waals surface area contributed by atoms with E-state index in [-0.39, 0.29) is 5.91 Å². The lowest BCUT2D eigenvalue weighted by molar-refractivity contribution is -0.141. The van der Waals surface area contributed by atoms with E-state index < -0.39 is 11.9 Å². The maximum absolute atomic E-state index is 13.0. The van der Waals surface area contributed by atoms with Gasteiger partial charge < -0.3 is 10.1 Å². The number of aryl methyl sites for hydroxylation is 1. The van der Waals surface area contributed by atoms with E-state index in [4.69, 9.17) is 4.74 Å². The van der Waals surface area contributed by atoms with Crippen LogP contribution in [-0.4, -0.2) is 69.5 Å². The van der Waals surface area contributed by atoms with Crippen LogP contribution in [0.5, 0.6) is 0 Å². The van der Waals surface area contributed by atoms with E-state index in [1.54, 1.807) is 34.5 Å². The van der Waals surface area contributed by atoms with Gasteiger partial charge in [-0.3, -0.25) is 18.9 Å². The number of ether oxygens (including phenoxy) is 1. The molecule has 5 rings (SSSR count). The molecule has 1 aromatic carbocycles. The molecule has 3 aromatic heterocycles. The SMILES string of the molecule is Cn1cc2c3cc(C(=O)NCCN4CCOCC4)ccc3n(-c3ccc(C(F)(F)F)nc3)c2n1. The summed E-state index contributed by atoms with van der Waals surface area (Å²) in [7, 11) is 1.77. The molecule has 1 amide bonds. The molecule has 4 heterocycles. The number of rotatable bonds is 5. The third kappa shape index (κ3) is 4.24. The molecule has 0 atom stereocenters. The highest BCUT2D eigenvalue weighted by Gasteiger charge is 2.32. The van der Waals surface area contributed by atoms with Crippen molar-refractivity contribution in [3.63, 3.8) is 0 Å². The highest BCUT2D eigenvalue weighted by atomic mass is 19.4. The summed E-state index contributed by atoms with van der Waals surface area (Å²) in [6, 6.07) is 7.60. The summed E-state index contributed by atoms with van der Waals surface area (Å²) < 4.78 is 47.6. The highest BCUT2D eigenvalue weighted by Crippen LogP contribution is 2.33. The van der Waals surface area contributed by atoms with E-state index in [0.717, 1.165) is 42.0 Å². The predicted octanol–water partition coefficient (Wildman–Crippen LogP) is 2.99. The first-order chi connectivity index (χ1) is 16.3. The summed E-state index contributed by atoms with van der Waals surface area (Å²) in [6.45, 7) is 4.40. The lowest BCUT2D eigenvalue weighted by atomic mass is 10.1. The number of pyridine rings is 1. The van der Waals surface area contributed by atoms with Crippen molar-refractivity contribution < 1.29 is 22.7 Å². The van der Waals surface area contributed by atoms with Gasteiger partial charge in [-0.05, 0) is 30.3 Å². The zero-order valence-corrected chi connectivity index (χ0v) is 18.5. The molecule has 1 aliphatic heterocycles. The standard InChI is InChI=1S/C23H23F3N6O2/c1-30-14-18-17-12-15(22(33)27-6-7-31-8-10-34-11-9-31)2-4-19(17)32(21(18)29-30)16-3-5-20(28-13-16)23(24,25)26/h2-5,12-14H,6-11H2,1H3,(H,27,33). The number of carbonyl (C=O) groups is 1. The van der Waals surface area contributed by atoms with Gasteiger partial charge in [0.05, 0.1) is 30.6 Å². The van der Waals surface area contributed by atoms with E-state index in [1.165, 1.54) is 12.3 Å². The number of nitrogens with zero attached hydrogens (tertiary/aromatic N) is 5. The topological polar surface area (TPSA) is 77.2 Å². The molecule has 8 nitrogen and oxygen atoms in total. The summed E-state index contributed by atoms with van der Waals surface area (Å²) >= 11 is 0. The molecule has 1 N–H and O–H groups in total. The second-order valence-electron chi connectivity index (χ2n) is 8.22. The zero-order valence-electron chi connectivity index (χ0n) is 18.5. The summed E-state index contributed by atoms with van der Waals surface area (Å²) in [5.41, 5.74) is 1.30. The fourth-order valence-corrected chi connectivity index (χ4v) is 4.24. The van der Waals surface area contributed by atoms with Crippen LogP contribution >= 0.6 is 0 Å². The van der Waals surface area contributed by atoms with Gasteiger partial charge in [0.1, 0.15) is 5.69 Å². The second-order valence-corrected chi connectivity index (χ2v) is 8.22. The number of nitrogens with one attached hydrogen (secondary N) is 1. The van der Waals surface area contributed by atoms with Gasteiger partial charge in [-0.1, -0.05) is 0 Å². The average molecular weight is 472 g/mol. The van der Waals surface area contributed by atoms with Crippen LogP contribution in [0.1, 0.15) is 16.1 Å². The quantitative estimate of drug-likeness (QED) is 0.483. The summed E-state index contributed by atoms with van der Waals surface area (Å²) in [6.07, 6.45) is -1.50. The van der Waals surface area contributed by atoms with Crippen LogP contribution in [0.15, 0.2) is 42.7 Å². The molecule has 178 valence electrons. The number of halogens is 3. The Morgan fingerprint density at radius 3 is 2.65 bits per heavy atom. The van der Waals surface area contributed by atoms with Crippen LogP contribution in [0, 0.1) is 0 Å². The minimum absolute atomic E-state index is 0.184. The van der Waals surface area contributed by atoms with Gasteiger partial charge in [0, 0.05) is 55.8 Å². The van der Waals surface area contributed by atoms with Crippen molar-refractivity contribution in [2.75, 3.05) is 39.4 Å². The number of aromatic nitrogens is 4. The molecular weight excluding hydrogens is 449 g/mol. The molecule has 0 aliphatic carbocycles. The molecule has 0 spiro atoms. The third-order valence-corrected chi connectivity index (χ3v) is 5.92. The summed E-state index contributed by atoms with van der Waals surface area (Å²) in [5.74, 6) is -0.184. The maximum atomic E-state index is 13.0. The fraction of sp³-hybridized carbons (Fsp3) is 0.348. The fourth-order valence-electron chi connectivity index (χ4n) is 4.24. The Morgan fingerprint density at radius 1 is 1.15 bits per heavy atom. The maximum Gasteiger partial charge on any atom is 0.433 e. The molecule has 0 radical (unpaired) electrons. The van der Waals surface area contributed by atoms with Crippen molar-refractivity contribution in [3.8, 4) is 5.69 Å². The average Bonchev–Trinajstić information content (AvgIpc) is 3.33. The largest absolute Gasteiger partial charge is 0.433 e. The van der Waals surface area contributed by atoms with E-state index in [9.17, 15) is 18.0 Å². The van der Waals surface area contributed by atoms with Gasteiger partial charge in [-0.15, -0.1) is 0 Å². The predicted molar refractivity (Wildman–Crippen MR) is 120 cm³/mol. The van der Waals surface area contributed by atoms with Crippen molar-refractivity contribution >= 4 is 27.8 Å². The number of alkyl halides is 3. The molecular formula is C23H23F3N6O2. The molecule has 34 heavy (non-hydrogen) atoms. The van der Waals surface area contributed by atoms with Crippen molar-refractivity contribution in [1.82, 2.24) is 29.5 Å². The Balaban J connectivity index is 1.45. The zero-order chi connectivity index (χ0) is 23.9. The summed E-state index contributed by atoms with van der Waals surface area (Å²) in [5, 5.41) is 9.02. The monoisotopic (exact) mass is 472 g/mol. The molecule has 11 heteroatoms. The lowest BCUT2D eigenvalue weighted by Crippen LogP contribution is -2.41. The lowest BCUT2D eigenvalue weighted by Gasteiger charge is -2.26. The van der Waals surface area contributed by atoms with Crippen LogP contribution in [0.3, 0.4) is 0 Å². The van der Waals surface area contributed by atoms with Gasteiger partial charge in [-0.2, -0.15) is 18.3 Å². The Bertz CT molecular complexity index is 1340. The number of hydrogen-bond acceptors (Lipinski definition) is 5. The van der Waals surface area contributed by atoms with Gasteiger partial charge >= 0.3 is 6.18 Å². The van der Waals surface area contributed by atoms with Gasteiger partial charge in [0.15, 0.2) is 5.65 Å². The molecule has 4 aromatic rings. The second kappa shape index (κ2) is 8.73. The normalized spacial score (nSPS) is 15.3. The van der Waals surface area contributed by atoms with Crippen LogP contribution < -0.4 is 5.32 Å². The molecule has 1 fully saturated rings. The first-order valence-corrected chi connectivity index (χ1v) is 10.9. The summed E-state index contributed by atoms with van der Waals surface area (Å²) in [4.78, 5) is 18.6. The number of fused-ring (bicyclic) bond motifs is 3. The van der Waals surface area contributed by atoms with E-state index in [0.29, 0.717) is 36.7 Å². The first-order valence-electron chi connectivity index (χ1n) is 10.9. The van der Waals surface area contributed by atoms with Crippen molar-refractivity contribution in [1.29, 1.82) is 0 Å².